The molecule has 2 N–H and O–H groups in total. The van der Waals surface area contributed by atoms with Crippen LogP contribution in [0.3, 0.4) is 0 Å². The van der Waals surface area contributed by atoms with Crippen LogP contribution in [0, 0.1) is 6.92 Å². The van der Waals surface area contributed by atoms with Gasteiger partial charge in [0.05, 0.1) is 5.57 Å². The van der Waals surface area contributed by atoms with Gasteiger partial charge in [-0.1, -0.05) is 80.9 Å². The molecule has 1 atom stereocenters. The van der Waals surface area contributed by atoms with Gasteiger partial charge in [-0.25, -0.2) is 4.68 Å². The summed E-state index contributed by atoms with van der Waals surface area (Å²) in [4.78, 5) is 18.3. The summed E-state index contributed by atoms with van der Waals surface area (Å²) in [7, 11) is 0. The van der Waals surface area contributed by atoms with Gasteiger partial charge in [-0.15, -0.1) is 5.10 Å². The molecule has 6 nitrogen and oxygen atoms in total. The number of aryl methyl sites for hydroxylation is 1. The Hall–Kier alpha value is -3.06. The van der Waals surface area contributed by atoms with Crippen molar-refractivity contribution in [1.82, 2.24) is 14.8 Å². The van der Waals surface area contributed by atoms with Crippen molar-refractivity contribution in [3.8, 4) is 0 Å². The first-order valence-electron chi connectivity index (χ1n) is 11.9. The predicted octanol–water partition coefficient (Wildman–Crippen LogP) is 6.53. The monoisotopic (exact) mass is 475 g/mol. The number of amides is 1. The second-order valence-electron chi connectivity index (χ2n) is 9.07. The lowest BCUT2D eigenvalue weighted by atomic mass is 9.93. The number of thioether (sulfide) groups is 1. The van der Waals surface area contributed by atoms with Crippen molar-refractivity contribution in [3.63, 3.8) is 0 Å². The zero-order valence-electron chi connectivity index (χ0n) is 20.6. The molecule has 0 saturated carbocycles. The molecule has 1 aliphatic rings. The molecule has 0 saturated heterocycles. The van der Waals surface area contributed by atoms with Crippen LogP contribution in [0.15, 0.2) is 65.0 Å². The third kappa shape index (κ3) is 5.20. The van der Waals surface area contributed by atoms with Gasteiger partial charge >= 0.3 is 0 Å². The molecule has 1 aromatic heterocycles. The number of hydrogen-bond donors (Lipinski definition) is 2. The fraction of sp³-hybridized carbons (Fsp3) is 0.370. The Labute approximate surface area is 206 Å². The van der Waals surface area contributed by atoms with Crippen molar-refractivity contribution in [2.24, 2.45) is 0 Å². The number of benzene rings is 2. The first-order valence-corrected chi connectivity index (χ1v) is 12.9. The van der Waals surface area contributed by atoms with Gasteiger partial charge in [0.2, 0.25) is 11.1 Å². The molecular formula is C27H33N5OS. The summed E-state index contributed by atoms with van der Waals surface area (Å²) in [5.41, 5.74) is 5.61. The third-order valence-electron chi connectivity index (χ3n) is 6.04. The van der Waals surface area contributed by atoms with E-state index in [-0.39, 0.29) is 11.9 Å². The highest BCUT2D eigenvalue weighted by molar-refractivity contribution is 7.99. The Balaban J connectivity index is 1.72. The number of rotatable bonds is 8. The molecule has 4 rings (SSSR count). The Morgan fingerprint density at radius 1 is 1.12 bits per heavy atom. The van der Waals surface area contributed by atoms with E-state index < -0.39 is 0 Å². The van der Waals surface area contributed by atoms with Gasteiger partial charge in [0, 0.05) is 17.1 Å². The van der Waals surface area contributed by atoms with Crippen LogP contribution in [0.1, 0.15) is 69.2 Å². The lowest BCUT2D eigenvalue weighted by molar-refractivity contribution is -0.113. The molecule has 1 aliphatic heterocycles. The molecule has 7 heteroatoms. The van der Waals surface area contributed by atoms with E-state index in [4.69, 9.17) is 10.1 Å². The van der Waals surface area contributed by atoms with E-state index in [2.05, 4.69) is 55.7 Å². The van der Waals surface area contributed by atoms with E-state index in [1.54, 1.807) is 11.8 Å². The number of unbranched alkanes of at least 4 members (excludes halogenated alkanes) is 1. The molecule has 0 radical (unpaired) electrons. The fourth-order valence-electron chi connectivity index (χ4n) is 4.00. The number of carbonyl (C=O) groups excluding carboxylic acids is 1. The van der Waals surface area contributed by atoms with Gasteiger partial charge in [-0.3, -0.25) is 4.79 Å². The van der Waals surface area contributed by atoms with Crippen molar-refractivity contribution in [2.75, 3.05) is 16.4 Å². The van der Waals surface area contributed by atoms with Crippen LogP contribution in [-0.2, 0) is 4.79 Å². The molecule has 0 fully saturated rings. The van der Waals surface area contributed by atoms with Gasteiger partial charge in [0.25, 0.3) is 5.91 Å². The van der Waals surface area contributed by atoms with Crippen molar-refractivity contribution < 1.29 is 4.79 Å². The molecule has 2 heterocycles. The Kier molecular flexibility index (Phi) is 7.41. The summed E-state index contributed by atoms with van der Waals surface area (Å²) >= 11 is 1.65. The number of fused-ring (bicyclic) bond motifs is 1. The molecule has 0 aliphatic carbocycles. The Morgan fingerprint density at radius 2 is 1.82 bits per heavy atom. The average molecular weight is 476 g/mol. The minimum Gasteiger partial charge on any atom is -0.328 e. The maximum Gasteiger partial charge on any atom is 0.255 e. The number of carbonyl (C=O) groups is 1. The van der Waals surface area contributed by atoms with Crippen molar-refractivity contribution >= 4 is 29.3 Å². The first kappa shape index (κ1) is 24.1. The number of hydrogen-bond acceptors (Lipinski definition) is 5. The maximum atomic E-state index is 13.6. The van der Waals surface area contributed by atoms with Crippen LogP contribution in [0.4, 0.5) is 11.6 Å². The fourth-order valence-corrected chi connectivity index (χ4v) is 4.91. The van der Waals surface area contributed by atoms with E-state index in [1.165, 1.54) is 5.56 Å². The van der Waals surface area contributed by atoms with Gasteiger partial charge in [0.1, 0.15) is 6.04 Å². The van der Waals surface area contributed by atoms with Crippen LogP contribution in [-0.4, -0.2) is 26.4 Å². The summed E-state index contributed by atoms with van der Waals surface area (Å²) in [6.07, 6.45) is 2.25. The van der Waals surface area contributed by atoms with Crippen LogP contribution >= 0.6 is 11.8 Å². The molecule has 0 bridgehead atoms. The molecule has 1 amide bonds. The number of nitrogens with zero attached hydrogens (tertiary/aromatic N) is 3. The summed E-state index contributed by atoms with van der Waals surface area (Å²) in [6, 6.07) is 16.0. The van der Waals surface area contributed by atoms with E-state index in [1.807, 2.05) is 42.8 Å². The molecule has 2 aromatic carbocycles. The van der Waals surface area contributed by atoms with Crippen molar-refractivity contribution in [1.29, 1.82) is 0 Å². The predicted molar refractivity (Wildman–Crippen MR) is 140 cm³/mol. The summed E-state index contributed by atoms with van der Waals surface area (Å²) in [6.45, 7) is 10.5. The lowest BCUT2D eigenvalue weighted by Crippen LogP contribution is -2.31. The maximum absolute atomic E-state index is 13.6. The van der Waals surface area contributed by atoms with E-state index in [0.717, 1.165) is 46.3 Å². The third-order valence-corrected chi connectivity index (χ3v) is 6.96. The minimum atomic E-state index is -0.365. The summed E-state index contributed by atoms with van der Waals surface area (Å²) in [5, 5.41) is 11.9. The first-order chi connectivity index (χ1) is 16.4. The zero-order chi connectivity index (χ0) is 24.2. The van der Waals surface area contributed by atoms with Crippen molar-refractivity contribution in [2.45, 2.75) is 64.6 Å². The SMILES string of the molecule is CCCCSc1nc2n(n1)C(c1ccc(C(C)C)cc1)C(C(=O)Nc1ccc(C)cc1)=C(C)N2. The van der Waals surface area contributed by atoms with Gasteiger partial charge < -0.3 is 10.6 Å². The largest absolute Gasteiger partial charge is 0.328 e. The molecular weight excluding hydrogens is 442 g/mol. The van der Waals surface area contributed by atoms with Gasteiger partial charge in [0.15, 0.2) is 0 Å². The lowest BCUT2D eigenvalue weighted by Gasteiger charge is -2.29. The number of aromatic nitrogens is 3. The zero-order valence-corrected chi connectivity index (χ0v) is 21.4. The van der Waals surface area contributed by atoms with Gasteiger partial charge in [-0.2, -0.15) is 4.98 Å². The highest BCUT2D eigenvalue weighted by Gasteiger charge is 2.34. The number of allylic oxidation sites excluding steroid dienone is 1. The molecule has 34 heavy (non-hydrogen) atoms. The second kappa shape index (κ2) is 10.5. The summed E-state index contributed by atoms with van der Waals surface area (Å²) in [5.74, 6) is 1.93. The quantitative estimate of drug-likeness (QED) is 0.286. The Morgan fingerprint density at radius 3 is 2.47 bits per heavy atom. The van der Waals surface area contributed by atoms with E-state index in [0.29, 0.717) is 17.4 Å². The van der Waals surface area contributed by atoms with E-state index >= 15 is 0 Å². The molecule has 1 unspecified atom stereocenters. The van der Waals surface area contributed by atoms with Crippen molar-refractivity contribution in [3.05, 3.63) is 76.5 Å². The van der Waals surface area contributed by atoms with E-state index in [9.17, 15) is 4.79 Å². The highest BCUT2D eigenvalue weighted by Crippen LogP contribution is 2.37. The smallest absolute Gasteiger partial charge is 0.255 e. The van der Waals surface area contributed by atoms with Crippen LogP contribution in [0.2, 0.25) is 0 Å². The number of nitrogens with one attached hydrogen (secondary N) is 2. The average Bonchev–Trinajstić information content (AvgIpc) is 3.22. The topological polar surface area (TPSA) is 71.8 Å². The highest BCUT2D eigenvalue weighted by atomic mass is 32.2. The standard InChI is InChI=1S/C27H33N5OS/c1-6-7-16-34-27-30-26-28-19(5)23(25(33)29-22-14-8-18(4)9-15-22)24(32(26)31-27)21-12-10-20(11-13-21)17(2)3/h8-15,17,24H,6-7,16H2,1-5H3,(H,29,33)(H,28,30,31). The van der Waals surface area contributed by atoms with Gasteiger partial charge in [-0.05, 0) is 49.4 Å². The molecule has 178 valence electrons. The molecule has 3 aromatic rings. The second-order valence-corrected chi connectivity index (χ2v) is 10.1. The summed E-state index contributed by atoms with van der Waals surface area (Å²) < 4.78 is 1.86. The number of anilines is 2. The van der Waals surface area contributed by atoms with Crippen LogP contribution < -0.4 is 10.6 Å². The van der Waals surface area contributed by atoms with Crippen LogP contribution in [0.25, 0.3) is 0 Å². The Bertz CT molecular complexity index is 1180. The van der Waals surface area contributed by atoms with Crippen LogP contribution in [0.5, 0.6) is 0 Å². The molecule has 0 spiro atoms. The normalized spacial score (nSPS) is 15.3. The minimum absolute atomic E-state index is 0.145.